The van der Waals surface area contributed by atoms with Crippen LogP contribution in [0.1, 0.15) is 33.0 Å². The van der Waals surface area contributed by atoms with Crippen molar-refractivity contribution in [1.29, 1.82) is 0 Å². The standard InChI is InChI=1S/C18H14IN3O5/c19-8-1-3-9(4-2-8)20-10-5-11(23)14-15(16(10)25)22-13(21-14)7-26-17-12(24)6-27-18(17)22/h1-5,12,17-18,20,24H,6-7H2/t12-,17-,18+/m1/s1. The lowest BCUT2D eigenvalue weighted by Crippen LogP contribution is -2.38. The van der Waals surface area contributed by atoms with E-state index in [-0.39, 0.29) is 41.9 Å². The van der Waals surface area contributed by atoms with E-state index in [1.54, 1.807) is 4.57 Å². The Kier molecular flexibility index (Phi) is 3.93. The molecule has 1 aromatic heterocycles. The lowest BCUT2D eigenvalue weighted by Gasteiger charge is -2.29. The predicted octanol–water partition coefficient (Wildman–Crippen LogP) is 1.65. The van der Waals surface area contributed by atoms with Crippen LogP contribution < -0.4 is 5.32 Å². The van der Waals surface area contributed by atoms with E-state index in [4.69, 9.17) is 9.47 Å². The molecule has 2 N–H and O–H groups in total. The first-order chi connectivity index (χ1) is 13.0. The number of rotatable bonds is 2. The van der Waals surface area contributed by atoms with E-state index in [0.717, 1.165) is 3.57 Å². The fourth-order valence-electron chi connectivity index (χ4n) is 3.58. The van der Waals surface area contributed by atoms with Crippen LogP contribution in [0.15, 0.2) is 36.0 Å². The average Bonchev–Trinajstić information content (AvgIpc) is 3.22. The molecule has 1 saturated heterocycles. The molecule has 3 aliphatic rings. The van der Waals surface area contributed by atoms with Crippen LogP contribution in [0, 0.1) is 3.57 Å². The van der Waals surface area contributed by atoms with Gasteiger partial charge < -0.3 is 19.9 Å². The number of imidazole rings is 1. The van der Waals surface area contributed by atoms with Crippen molar-refractivity contribution in [3.8, 4) is 0 Å². The molecule has 0 saturated carbocycles. The van der Waals surface area contributed by atoms with Gasteiger partial charge in [0, 0.05) is 15.3 Å². The first-order valence-corrected chi connectivity index (χ1v) is 9.46. The minimum absolute atomic E-state index is 0.0948. The number of ketones is 2. The molecule has 1 fully saturated rings. The van der Waals surface area contributed by atoms with Crippen molar-refractivity contribution in [3.63, 3.8) is 0 Å². The summed E-state index contributed by atoms with van der Waals surface area (Å²) in [6, 6.07) is 7.48. The van der Waals surface area contributed by atoms with Crippen molar-refractivity contribution in [2.75, 3.05) is 11.9 Å². The highest BCUT2D eigenvalue weighted by atomic mass is 127. The van der Waals surface area contributed by atoms with Gasteiger partial charge in [-0.25, -0.2) is 4.98 Å². The van der Waals surface area contributed by atoms with E-state index < -0.39 is 18.4 Å². The lowest BCUT2D eigenvalue weighted by molar-refractivity contribution is -0.0992. The number of ether oxygens (including phenoxy) is 2. The summed E-state index contributed by atoms with van der Waals surface area (Å²) in [5.74, 6) is -0.247. The zero-order valence-electron chi connectivity index (χ0n) is 13.9. The predicted molar refractivity (Wildman–Crippen MR) is 101 cm³/mol. The molecule has 3 heterocycles. The third kappa shape index (κ3) is 2.64. The summed E-state index contributed by atoms with van der Waals surface area (Å²) < 4.78 is 13.9. The van der Waals surface area contributed by atoms with Gasteiger partial charge in [0.1, 0.15) is 36.0 Å². The van der Waals surface area contributed by atoms with E-state index in [1.807, 2.05) is 24.3 Å². The molecule has 2 aromatic rings. The first kappa shape index (κ1) is 17.0. The minimum Gasteiger partial charge on any atom is -0.388 e. The molecular weight excluding hydrogens is 465 g/mol. The number of Topliss-reactive ketones (excluding diaryl/α,β-unsaturated/α-hetero) is 1. The molecule has 1 aromatic carbocycles. The van der Waals surface area contributed by atoms with Gasteiger partial charge in [0.05, 0.1) is 12.3 Å². The Hall–Kier alpha value is -2.08. The van der Waals surface area contributed by atoms with Gasteiger partial charge in [-0.05, 0) is 46.9 Å². The number of carbonyl (C=O) groups is 2. The molecule has 3 atom stereocenters. The normalized spacial score (nSPS) is 26.3. The molecule has 1 aliphatic carbocycles. The third-order valence-electron chi connectivity index (χ3n) is 4.83. The van der Waals surface area contributed by atoms with Crippen LogP contribution in [0.4, 0.5) is 5.69 Å². The SMILES string of the molecule is O=C1C=C(Nc2ccc(I)cc2)C(=O)c2c1nc1n2[C@H]2OC[C@@H](O)[C@H]2OC1. The van der Waals surface area contributed by atoms with Gasteiger partial charge >= 0.3 is 0 Å². The number of carbonyl (C=O) groups excluding carboxylic acids is 2. The molecule has 0 unspecified atom stereocenters. The number of aliphatic hydroxyl groups excluding tert-OH is 1. The monoisotopic (exact) mass is 479 g/mol. The van der Waals surface area contributed by atoms with E-state index in [9.17, 15) is 14.7 Å². The fraction of sp³-hybridized carbons (Fsp3) is 0.278. The summed E-state index contributed by atoms with van der Waals surface area (Å²) in [6.07, 6.45) is -0.771. The molecule has 27 heavy (non-hydrogen) atoms. The van der Waals surface area contributed by atoms with E-state index in [1.165, 1.54) is 6.08 Å². The third-order valence-corrected chi connectivity index (χ3v) is 5.55. The number of fused-ring (bicyclic) bond motifs is 5. The maximum Gasteiger partial charge on any atom is 0.228 e. The van der Waals surface area contributed by atoms with Crippen molar-refractivity contribution in [3.05, 3.63) is 56.8 Å². The first-order valence-electron chi connectivity index (χ1n) is 8.38. The molecule has 0 amide bonds. The van der Waals surface area contributed by atoms with Crippen molar-refractivity contribution in [1.82, 2.24) is 9.55 Å². The summed E-state index contributed by atoms with van der Waals surface area (Å²) in [5, 5.41) is 13.0. The fourth-order valence-corrected chi connectivity index (χ4v) is 3.94. The van der Waals surface area contributed by atoms with Crippen LogP contribution >= 0.6 is 22.6 Å². The molecule has 0 radical (unpaired) electrons. The molecule has 5 rings (SSSR count). The highest BCUT2D eigenvalue weighted by Crippen LogP contribution is 2.37. The van der Waals surface area contributed by atoms with Crippen LogP contribution in [0.25, 0.3) is 0 Å². The number of nitrogens with one attached hydrogen (secondary N) is 1. The number of halogens is 1. The highest BCUT2D eigenvalue weighted by molar-refractivity contribution is 14.1. The summed E-state index contributed by atoms with van der Waals surface area (Å²) in [6.45, 7) is 0.211. The molecule has 138 valence electrons. The van der Waals surface area contributed by atoms with Crippen molar-refractivity contribution < 1.29 is 24.2 Å². The Balaban J connectivity index is 1.54. The number of aliphatic hydroxyl groups is 1. The minimum atomic E-state index is -0.782. The maximum atomic E-state index is 13.1. The van der Waals surface area contributed by atoms with Crippen molar-refractivity contribution in [2.24, 2.45) is 0 Å². The van der Waals surface area contributed by atoms with Gasteiger partial charge in [-0.2, -0.15) is 0 Å². The Labute approximate surface area is 167 Å². The van der Waals surface area contributed by atoms with Crippen LogP contribution in [-0.2, 0) is 16.1 Å². The highest BCUT2D eigenvalue weighted by Gasteiger charge is 2.46. The second kappa shape index (κ2) is 6.23. The Morgan fingerprint density at radius 3 is 2.78 bits per heavy atom. The Bertz CT molecular complexity index is 997. The van der Waals surface area contributed by atoms with Gasteiger partial charge in [-0.1, -0.05) is 0 Å². The van der Waals surface area contributed by atoms with Crippen LogP contribution in [-0.4, -0.2) is 45.0 Å². The smallest absolute Gasteiger partial charge is 0.228 e. The van der Waals surface area contributed by atoms with E-state index >= 15 is 0 Å². The number of hydrogen-bond acceptors (Lipinski definition) is 7. The second-order valence-corrected chi connectivity index (χ2v) is 7.79. The number of anilines is 1. The Morgan fingerprint density at radius 1 is 1.22 bits per heavy atom. The quantitative estimate of drug-likeness (QED) is 0.632. The molecule has 0 bridgehead atoms. The molecule has 8 nitrogen and oxygen atoms in total. The molecule has 9 heteroatoms. The average molecular weight is 479 g/mol. The van der Waals surface area contributed by atoms with Crippen molar-refractivity contribution in [2.45, 2.75) is 25.0 Å². The van der Waals surface area contributed by atoms with Crippen LogP contribution in [0.5, 0.6) is 0 Å². The summed E-state index contributed by atoms with van der Waals surface area (Å²) >= 11 is 2.19. The second-order valence-electron chi connectivity index (χ2n) is 6.55. The number of nitrogens with zero attached hydrogens (tertiary/aromatic N) is 2. The van der Waals surface area contributed by atoms with Gasteiger partial charge in [0.25, 0.3) is 0 Å². The Morgan fingerprint density at radius 2 is 2.00 bits per heavy atom. The maximum absolute atomic E-state index is 13.1. The van der Waals surface area contributed by atoms with Gasteiger partial charge in [0.15, 0.2) is 6.23 Å². The van der Waals surface area contributed by atoms with Crippen molar-refractivity contribution >= 4 is 39.8 Å². The number of aromatic nitrogens is 2. The molecule has 2 aliphatic heterocycles. The summed E-state index contributed by atoms with van der Waals surface area (Å²) in [5.41, 5.74) is 1.16. The topological polar surface area (TPSA) is 103 Å². The van der Waals surface area contributed by atoms with Crippen LogP contribution in [0.2, 0.25) is 0 Å². The number of benzene rings is 1. The van der Waals surface area contributed by atoms with Crippen LogP contribution in [0.3, 0.4) is 0 Å². The van der Waals surface area contributed by atoms with E-state index in [2.05, 4.69) is 32.9 Å². The summed E-state index contributed by atoms with van der Waals surface area (Å²) in [7, 11) is 0. The zero-order valence-corrected chi connectivity index (χ0v) is 16.0. The lowest BCUT2D eigenvalue weighted by atomic mass is 10.0. The van der Waals surface area contributed by atoms with Gasteiger partial charge in [-0.3, -0.25) is 14.2 Å². The molecule has 0 spiro atoms. The van der Waals surface area contributed by atoms with Gasteiger partial charge in [0.2, 0.25) is 11.6 Å². The number of hydrogen-bond donors (Lipinski definition) is 2. The zero-order chi connectivity index (χ0) is 18.7. The summed E-state index contributed by atoms with van der Waals surface area (Å²) in [4.78, 5) is 30.0. The van der Waals surface area contributed by atoms with Gasteiger partial charge in [-0.15, -0.1) is 0 Å². The molecular formula is C18H14IN3O5. The largest absolute Gasteiger partial charge is 0.388 e. The van der Waals surface area contributed by atoms with E-state index in [0.29, 0.717) is 11.5 Å². The number of allylic oxidation sites excluding steroid dienone is 2.